The molecule has 4 rings (SSSR count). The molecule has 8 heteroatoms. The Morgan fingerprint density at radius 2 is 1.70 bits per heavy atom. The fourth-order valence-electron chi connectivity index (χ4n) is 3.37. The predicted molar refractivity (Wildman–Crippen MR) is 132 cm³/mol. The van der Waals surface area contributed by atoms with E-state index in [0.29, 0.717) is 22.5 Å². The van der Waals surface area contributed by atoms with E-state index in [1.54, 1.807) is 19.1 Å². The Hall–Kier alpha value is -3.29. The number of carbonyl (C=O) groups excluding carboxylic acids is 1. The van der Waals surface area contributed by atoms with Crippen molar-refractivity contribution < 1.29 is 9.53 Å². The molecule has 33 heavy (non-hydrogen) atoms. The van der Waals surface area contributed by atoms with Crippen molar-refractivity contribution in [3.63, 3.8) is 0 Å². The van der Waals surface area contributed by atoms with Gasteiger partial charge in [0.05, 0.1) is 12.9 Å². The highest BCUT2D eigenvalue weighted by Gasteiger charge is 2.19. The lowest BCUT2D eigenvalue weighted by atomic mass is 10.2. The van der Waals surface area contributed by atoms with Gasteiger partial charge in [0, 0.05) is 35.4 Å². The second kappa shape index (κ2) is 10.6. The third kappa shape index (κ3) is 5.38. The van der Waals surface area contributed by atoms with Crippen molar-refractivity contribution >= 4 is 29.3 Å². The first kappa shape index (κ1) is 22.9. The molecule has 1 aromatic heterocycles. The highest BCUT2D eigenvalue weighted by molar-refractivity contribution is 7.99. The number of ether oxygens (including phenoxy) is 1. The summed E-state index contributed by atoms with van der Waals surface area (Å²) in [6.45, 7) is 0.463. The van der Waals surface area contributed by atoms with Crippen molar-refractivity contribution in [3.05, 3.63) is 89.4 Å². The Morgan fingerprint density at radius 3 is 2.42 bits per heavy atom. The van der Waals surface area contributed by atoms with E-state index in [-0.39, 0.29) is 11.7 Å². The quantitative estimate of drug-likeness (QED) is 0.319. The van der Waals surface area contributed by atoms with Crippen molar-refractivity contribution in [2.45, 2.75) is 11.7 Å². The smallest absolute Gasteiger partial charge is 0.233 e. The summed E-state index contributed by atoms with van der Waals surface area (Å²) in [5.74, 6) is 1.68. The van der Waals surface area contributed by atoms with Crippen LogP contribution in [0.2, 0.25) is 5.02 Å². The first-order valence-corrected chi connectivity index (χ1v) is 11.7. The highest BCUT2D eigenvalue weighted by Crippen LogP contribution is 2.29. The number of methoxy groups -OCH3 is 1. The molecule has 1 heterocycles. The van der Waals surface area contributed by atoms with Gasteiger partial charge in [-0.1, -0.05) is 59.8 Å². The van der Waals surface area contributed by atoms with Crippen LogP contribution in [0, 0.1) is 0 Å². The Bertz CT molecular complexity index is 1230. The number of aromatic nitrogens is 3. The van der Waals surface area contributed by atoms with Crippen LogP contribution in [0.3, 0.4) is 0 Å². The van der Waals surface area contributed by atoms with E-state index >= 15 is 0 Å². The minimum absolute atomic E-state index is 0.0124. The molecule has 168 valence electrons. The number of hydrogen-bond acceptors (Lipinski definition) is 5. The Kier molecular flexibility index (Phi) is 7.32. The van der Waals surface area contributed by atoms with Gasteiger partial charge in [0.15, 0.2) is 11.0 Å². The number of halogens is 1. The van der Waals surface area contributed by atoms with Crippen molar-refractivity contribution in [2.75, 3.05) is 19.9 Å². The van der Waals surface area contributed by atoms with Gasteiger partial charge in [-0.05, 0) is 42.5 Å². The molecule has 0 N–H and O–H groups in total. The Morgan fingerprint density at radius 1 is 1.00 bits per heavy atom. The predicted octanol–water partition coefficient (Wildman–Crippen LogP) is 5.35. The average Bonchev–Trinajstić information content (AvgIpc) is 3.27. The Labute approximate surface area is 202 Å². The van der Waals surface area contributed by atoms with E-state index < -0.39 is 0 Å². The van der Waals surface area contributed by atoms with Crippen molar-refractivity contribution in [1.82, 2.24) is 19.7 Å². The molecule has 1 amide bonds. The molecule has 6 nitrogen and oxygen atoms in total. The highest BCUT2D eigenvalue weighted by atomic mass is 35.5. The second-order valence-corrected chi connectivity index (χ2v) is 8.71. The van der Waals surface area contributed by atoms with E-state index in [0.717, 1.165) is 22.6 Å². The number of hydrogen-bond donors (Lipinski definition) is 0. The lowest BCUT2D eigenvalue weighted by molar-refractivity contribution is -0.127. The SMILES string of the molecule is COc1ccccc1CN(C)C(=O)CSc1nnc(-c2ccc(Cl)cc2)n1-c1ccccc1. The average molecular weight is 479 g/mol. The first-order chi connectivity index (χ1) is 16.1. The van der Waals surface area contributed by atoms with Crippen molar-refractivity contribution in [2.24, 2.45) is 0 Å². The zero-order valence-corrected chi connectivity index (χ0v) is 19.9. The molecule has 3 aromatic carbocycles. The molecular weight excluding hydrogens is 456 g/mol. The number of nitrogens with zero attached hydrogens (tertiary/aromatic N) is 4. The summed E-state index contributed by atoms with van der Waals surface area (Å²) in [6.07, 6.45) is 0. The summed E-state index contributed by atoms with van der Waals surface area (Å²) in [7, 11) is 3.42. The molecule has 0 radical (unpaired) electrons. The van der Waals surface area contributed by atoms with Crippen LogP contribution in [-0.4, -0.2) is 45.5 Å². The zero-order chi connectivity index (χ0) is 23.2. The van der Waals surface area contributed by atoms with Crippen LogP contribution < -0.4 is 4.74 Å². The minimum Gasteiger partial charge on any atom is -0.496 e. The summed E-state index contributed by atoms with van der Waals surface area (Å²) in [6, 6.07) is 25.0. The Balaban J connectivity index is 1.54. The van der Waals surface area contributed by atoms with Gasteiger partial charge in [-0.3, -0.25) is 9.36 Å². The van der Waals surface area contributed by atoms with Gasteiger partial charge < -0.3 is 9.64 Å². The molecule has 0 bridgehead atoms. The van der Waals surface area contributed by atoms with Gasteiger partial charge >= 0.3 is 0 Å². The summed E-state index contributed by atoms with van der Waals surface area (Å²) in [5.41, 5.74) is 2.77. The van der Waals surface area contributed by atoms with E-state index in [2.05, 4.69) is 10.2 Å². The zero-order valence-electron chi connectivity index (χ0n) is 18.3. The van der Waals surface area contributed by atoms with E-state index in [1.807, 2.05) is 83.4 Å². The van der Waals surface area contributed by atoms with Crippen molar-refractivity contribution in [1.29, 1.82) is 0 Å². The minimum atomic E-state index is -0.0124. The monoisotopic (exact) mass is 478 g/mol. The summed E-state index contributed by atoms with van der Waals surface area (Å²) < 4.78 is 7.36. The topological polar surface area (TPSA) is 60.2 Å². The molecular formula is C25H23ClN4O2S. The standard InChI is InChI=1S/C25H23ClN4O2S/c1-29(16-19-8-6-7-11-22(19)32-2)23(31)17-33-25-28-27-24(18-12-14-20(26)15-13-18)30(25)21-9-4-3-5-10-21/h3-15H,16-17H2,1-2H3. The fraction of sp³-hybridized carbons (Fsp3) is 0.160. The maximum atomic E-state index is 12.9. The summed E-state index contributed by atoms with van der Waals surface area (Å²) in [4.78, 5) is 14.6. The fourth-order valence-corrected chi connectivity index (χ4v) is 4.39. The van der Waals surface area contributed by atoms with Gasteiger partial charge in [-0.2, -0.15) is 0 Å². The number of thioether (sulfide) groups is 1. The molecule has 0 aliphatic carbocycles. The molecule has 0 spiro atoms. The molecule has 0 fully saturated rings. The van der Waals surface area contributed by atoms with Crippen LogP contribution in [0.25, 0.3) is 17.1 Å². The lowest BCUT2D eigenvalue weighted by Gasteiger charge is -2.18. The molecule has 0 saturated carbocycles. The lowest BCUT2D eigenvalue weighted by Crippen LogP contribution is -2.28. The van der Waals surface area contributed by atoms with Gasteiger partial charge in [0.1, 0.15) is 5.75 Å². The van der Waals surface area contributed by atoms with Crippen LogP contribution in [0.1, 0.15) is 5.56 Å². The van der Waals surface area contributed by atoms with E-state index in [4.69, 9.17) is 16.3 Å². The van der Waals surface area contributed by atoms with Crippen molar-refractivity contribution in [3.8, 4) is 22.8 Å². The molecule has 0 aliphatic rings. The largest absolute Gasteiger partial charge is 0.496 e. The van der Waals surface area contributed by atoms with Crippen LogP contribution >= 0.6 is 23.4 Å². The summed E-state index contributed by atoms with van der Waals surface area (Å²) in [5, 5.41) is 10.1. The normalized spacial score (nSPS) is 10.8. The van der Waals surface area contributed by atoms with Crippen LogP contribution in [-0.2, 0) is 11.3 Å². The third-order valence-electron chi connectivity index (χ3n) is 5.10. The van der Waals surface area contributed by atoms with Gasteiger partial charge in [0.2, 0.25) is 5.91 Å². The molecule has 0 aliphatic heterocycles. The van der Waals surface area contributed by atoms with Crippen LogP contribution in [0.5, 0.6) is 5.75 Å². The van der Waals surface area contributed by atoms with E-state index in [1.165, 1.54) is 11.8 Å². The first-order valence-electron chi connectivity index (χ1n) is 10.3. The molecule has 0 unspecified atom stereocenters. The second-order valence-electron chi connectivity index (χ2n) is 7.33. The number of carbonyl (C=O) groups is 1. The van der Waals surface area contributed by atoms with E-state index in [9.17, 15) is 4.79 Å². The number of benzene rings is 3. The molecule has 4 aromatic rings. The maximum absolute atomic E-state index is 12.9. The van der Waals surface area contributed by atoms with Crippen LogP contribution in [0.15, 0.2) is 84.0 Å². The van der Waals surface area contributed by atoms with Gasteiger partial charge in [-0.15, -0.1) is 10.2 Å². The number of rotatable bonds is 8. The number of para-hydroxylation sites is 2. The maximum Gasteiger partial charge on any atom is 0.233 e. The molecule has 0 atom stereocenters. The van der Waals surface area contributed by atoms with Gasteiger partial charge in [-0.25, -0.2) is 0 Å². The molecule has 0 saturated heterocycles. The number of amides is 1. The van der Waals surface area contributed by atoms with Gasteiger partial charge in [0.25, 0.3) is 0 Å². The third-order valence-corrected chi connectivity index (χ3v) is 6.27. The summed E-state index contributed by atoms with van der Waals surface area (Å²) >= 11 is 7.41. The van der Waals surface area contributed by atoms with Crippen LogP contribution in [0.4, 0.5) is 0 Å².